The molecule has 15 nitrogen and oxygen atoms in total. The van der Waals surface area contributed by atoms with Gasteiger partial charge in [0.05, 0.1) is 39.2 Å². The van der Waals surface area contributed by atoms with Crippen molar-refractivity contribution < 1.29 is 69.3 Å². The molecule has 0 aromatic carbocycles. The van der Waals surface area contributed by atoms with Crippen LogP contribution in [-0.2, 0) is 20.6 Å². The van der Waals surface area contributed by atoms with Crippen LogP contribution < -0.4 is 14.2 Å². The molecule has 52 heavy (non-hydrogen) atoms. The van der Waals surface area contributed by atoms with Crippen LogP contribution in [-0.4, -0.2) is 141 Å². The molecule has 8 N–H and O–H groups in total. The first kappa shape index (κ1) is 43.5. The van der Waals surface area contributed by atoms with Gasteiger partial charge in [-0.3, -0.25) is 0 Å². The third kappa shape index (κ3) is 10.4. The third-order valence-corrected chi connectivity index (χ3v) is 9.39. The maximum absolute atomic E-state index is 10.6. The van der Waals surface area contributed by atoms with Gasteiger partial charge < -0.3 is 69.3 Å². The van der Waals surface area contributed by atoms with E-state index in [9.17, 15) is 40.9 Å². The molecule has 2 fully saturated rings. The Kier molecular flexibility index (Phi) is 16.7. The summed E-state index contributed by atoms with van der Waals surface area (Å²) in [7, 11) is 2.83. The van der Waals surface area contributed by atoms with Crippen molar-refractivity contribution in [1.29, 1.82) is 0 Å². The van der Waals surface area contributed by atoms with Gasteiger partial charge in [-0.05, 0) is 46.6 Å². The average Bonchev–Trinajstić information content (AvgIpc) is 3.13. The number of hydrogen-bond donors (Lipinski definition) is 8. The second-order valence-electron chi connectivity index (χ2n) is 13.3. The standard InChI is InChI=1S/C37H57NO14/c1-9-20(4)32(51-36-30(45)28(43)26(41)24(16-39)49-36)21(5)15-19(3)12-10-11-18(2)13-14-23-22(6)33(34(47-7)35(38-23)48-8)52-37-31(46)29(44)27(42)25(17-40)50-37/h9-10,12-13,15,21,24-32,36-37,39-46H,11,14,16-17H2,1-8H3. The first-order valence-electron chi connectivity index (χ1n) is 17.3. The van der Waals surface area contributed by atoms with Gasteiger partial charge in [-0.25, -0.2) is 4.98 Å². The largest absolute Gasteiger partial charge is 0.489 e. The molecule has 1 aromatic rings. The summed E-state index contributed by atoms with van der Waals surface area (Å²) in [5.41, 5.74) is 4.03. The molecule has 0 aliphatic carbocycles. The fraction of sp³-hybridized carbons (Fsp3) is 0.649. The number of ether oxygens (including phenoxy) is 6. The lowest BCUT2D eigenvalue weighted by atomic mass is 9.94. The molecule has 2 aliphatic heterocycles. The maximum Gasteiger partial charge on any atom is 0.261 e. The number of allylic oxidation sites excluding steroid dienone is 6. The summed E-state index contributed by atoms with van der Waals surface area (Å²) in [6.07, 6.45) is -3.79. The quantitative estimate of drug-likeness (QED) is 0.0864. The molecule has 12 atom stereocenters. The smallest absolute Gasteiger partial charge is 0.261 e. The molecular formula is C37H57NO14. The summed E-state index contributed by atoms with van der Waals surface area (Å²) < 4.78 is 34.2. The Bertz CT molecular complexity index is 1430. The van der Waals surface area contributed by atoms with E-state index < -0.39 is 80.7 Å². The Hall–Kier alpha value is -2.93. The highest BCUT2D eigenvalue weighted by molar-refractivity contribution is 5.54. The van der Waals surface area contributed by atoms with Crippen LogP contribution >= 0.6 is 0 Å². The van der Waals surface area contributed by atoms with Crippen LogP contribution in [0.25, 0.3) is 0 Å². The van der Waals surface area contributed by atoms with Crippen molar-refractivity contribution in [3.05, 3.63) is 58.4 Å². The molecule has 2 aliphatic rings. The molecule has 0 amide bonds. The number of pyridine rings is 1. The molecule has 3 heterocycles. The lowest BCUT2D eigenvalue weighted by Gasteiger charge is -2.41. The van der Waals surface area contributed by atoms with Crippen molar-refractivity contribution >= 4 is 0 Å². The van der Waals surface area contributed by atoms with E-state index in [0.29, 0.717) is 24.1 Å². The number of hydrogen-bond acceptors (Lipinski definition) is 15. The van der Waals surface area contributed by atoms with Gasteiger partial charge in [-0.1, -0.05) is 48.5 Å². The van der Waals surface area contributed by atoms with Crippen LogP contribution in [0.3, 0.4) is 0 Å². The third-order valence-electron chi connectivity index (χ3n) is 9.39. The molecule has 0 saturated carbocycles. The monoisotopic (exact) mass is 739 g/mol. The predicted molar refractivity (Wildman–Crippen MR) is 189 cm³/mol. The van der Waals surface area contributed by atoms with Crippen LogP contribution in [0.15, 0.2) is 47.1 Å². The number of methoxy groups -OCH3 is 2. The second kappa shape index (κ2) is 19.9. The minimum absolute atomic E-state index is 0.130. The summed E-state index contributed by atoms with van der Waals surface area (Å²) in [5.74, 6) is 0.261. The molecule has 1 aromatic heterocycles. The van der Waals surface area contributed by atoms with Gasteiger partial charge in [0.25, 0.3) is 5.88 Å². The SMILES string of the molecule is CC=C(C)C(OC1OC(CO)C(O)C(O)C1O)C(C)C=C(C)C=CCC(C)=CCc1nc(OC)c(OC)c(OC2OC(CO)C(O)C(O)C2O)c1C. The maximum atomic E-state index is 10.6. The van der Waals surface area contributed by atoms with Crippen molar-refractivity contribution in [2.24, 2.45) is 5.92 Å². The topological polar surface area (TPSA) is 230 Å². The van der Waals surface area contributed by atoms with E-state index in [1.165, 1.54) is 14.2 Å². The highest BCUT2D eigenvalue weighted by Gasteiger charge is 2.46. The second-order valence-corrected chi connectivity index (χ2v) is 13.3. The number of aliphatic hydroxyl groups excluding tert-OH is 8. The molecule has 294 valence electrons. The van der Waals surface area contributed by atoms with Gasteiger partial charge in [0, 0.05) is 17.9 Å². The first-order chi connectivity index (χ1) is 24.6. The van der Waals surface area contributed by atoms with E-state index in [1.807, 2.05) is 65.0 Å². The van der Waals surface area contributed by atoms with Crippen molar-refractivity contribution in [2.75, 3.05) is 27.4 Å². The molecule has 2 saturated heterocycles. The molecule has 3 rings (SSSR count). The summed E-state index contributed by atoms with van der Waals surface area (Å²) in [6.45, 7) is 10.3. The molecule has 15 heteroatoms. The van der Waals surface area contributed by atoms with Crippen LogP contribution in [0, 0.1) is 12.8 Å². The zero-order chi connectivity index (χ0) is 38.9. The van der Waals surface area contributed by atoms with Crippen molar-refractivity contribution in [1.82, 2.24) is 4.98 Å². The Morgan fingerprint density at radius 3 is 1.94 bits per heavy atom. The Morgan fingerprint density at radius 1 is 0.827 bits per heavy atom. The Morgan fingerprint density at radius 2 is 1.40 bits per heavy atom. The molecule has 0 bridgehead atoms. The average molecular weight is 740 g/mol. The van der Waals surface area contributed by atoms with Gasteiger partial charge in [0.15, 0.2) is 12.0 Å². The van der Waals surface area contributed by atoms with Crippen molar-refractivity contribution in [3.8, 4) is 17.4 Å². The van der Waals surface area contributed by atoms with E-state index in [1.54, 1.807) is 6.92 Å². The first-order valence-corrected chi connectivity index (χ1v) is 17.3. The van der Waals surface area contributed by atoms with Crippen molar-refractivity contribution in [2.45, 2.75) is 122 Å². The zero-order valence-corrected chi connectivity index (χ0v) is 31.1. The molecule has 0 spiro atoms. The summed E-state index contributed by atoms with van der Waals surface area (Å²) in [4.78, 5) is 4.60. The number of aromatic nitrogens is 1. The van der Waals surface area contributed by atoms with Gasteiger partial charge in [0.1, 0.15) is 48.8 Å². The van der Waals surface area contributed by atoms with Crippen LogP contribution in [0.4, 0.5) is 0 Å². The summed E-state index contributed by atoms with van der Waals surface area (Å²) in [6, 6.07) is 0. The predicted octanol–water partition coefficient (Wildman–Crippen LogP) is 0.755. The van der Waals surface area contributed by atoms with Crippen LogP contribution in [0.2, 0.25) is 0 Å². The van der Waals surface area contributed by atoms with Gasteiger partial charge in [-0.15, -0.1) is 0 Å². The molecule has 12 unspecified atom stereocenters. The van der Waals surface area contributed by atoms with E-state index in [-0.39, 0.29) is 23.3 Å². The Balaban J connectivity index is 1.73. The van der Waals surface area contributed by atoms with Gasteiger partial charge >= 0.3 is 0 Å². The normalized spacial score (nSPS) is 31.8. The Labute approximate surface area is 305 Å². The van der Waals surface area contributed by atoms with E-state index in [2.05, 4.69) is 4.98 Å². The minimum atomic E-state index is -1.62. The van der Waals surface area contributed by atoms with Crippen molar-refractivity contribution in [3.63, 3.8) is 0 Å². The lowest BCUT2D eigenvalue weighted by Crippen LogP contribution is -2.60. The number of rotatable bonds is 16. The van der Waals surface area contributed by atoms with E-state index in [4.69, 9.17) is 28.4 Å². The van der Waals surface area contributed by atoms with E-state index >= 15 is 0 Å². The lowest BCUT2D eigenvalue weighted by molar-refractivity contribution is -0.310. The highest BCUT2D eigenvalue weighted by Crippen LogP contribution is 2.41. The summed E-state index contributed by atoms with van der Waals surface area (Å²) in [5, 5.41) is 81.0. The highest BCUT2D eigenvalue weighted by atomic mass is 16.7. The zero-order valence-electron chi connectivity index (χ0n) is 31.1. The molecular weight excluding hydrogens is 682 g/mol. The number of nitrogens with zero attached hydrogens (tertiary/aromatic N) is 1. The number of aliphatic hydroxyl groups is 8. The van der Waals surface area contributed by atoms with E-state index in [0.717, 1.165) is 16.7 Å². The summed E-state index contributed by atoms with van der Waals surface area (Å²) >= 11 is 0. The minimum Gasteiger partial charge on any atom is -0.489 e. The fourth-order valence-electron chi connectivity index (χ4n) is 6.07. The molecule has 0 radical (unpaired) electrons. The fourth-order valence-corrected chi connectivity index (χ4v) is 6.07. The van der Waals surface area contributed by atoms with Gasteiger partial charge in [-0.2, -0.15) is 0 Å². The van der Waals surface area contributed by atoms with Gasteiger partial charge in [0.2, 0.25) is 12.0 Å². The van der Waals surface area contributed by atoms with Crippen LogP contribution in [0.1, 0.15) is 52.3 Å². The van der Waals surface area contributed by atoms with Crippen LogP contribution in [0.5, 0.6) is 17.4 Å².